The lowest BCUT2D eigenvalue weighted by atomic mass is 9.94. The molecule has 0 bridgehead atoms. The Balaban J connectivity index is 0.00000225. The van der Waals surface area contributed by atoms with Crippen LogP contribution in [0.15, 0.2) is 54.6 Å². The third-order valence-electron chi connectivity index (χ3n) is 4.39. The lowest BCUT2D eigenvalue weighted by molar-refractivity contribution is -0.125. The van der Waals surface area contributed by atoms with E-state index in [2.05, 4.69) is 34.9 Å². The molecule has 134 valence electrons. The van der Waals surface area contributed by atoms with Crippen LogP contribution in [-0.2, 0) is 11.2 Å². The minimum atomic E-state index is -0.191. The third-order valence-corrected chi connectivity index (χ3v) is 4.39. The van der Waals surface area contributed by atoms with Crippen molar-refractivity contribution < 1.29 is 9.53 Å². The molecule has 2 unspecified atom stereocenters. The number of carbonyl (C=O) groups is 1. The number of amides is 1. The molecule has 0 spiro atoms. The highest BCUT2D eigenvalue weighted by Gasteiger charge is 2.21. The topological polar surface area (TPSA) is 50.4 Å². The Morgan fingerprint density at radius 2 is 1.92 bits per heavy atom. The second-order valence-electron chi connectivity index (χ2n) is 6.23. The van der Waals surface area contributed by atoms with Crippen molar-refractivity contribution in [2.45, 2.75) is 19.4 Å². The maximum absolute atomic E-state index is 12.3. The fourth-order valence-electron chi connectivity index (χ4n) is 2.97. The lowest BCUT2D eigenvalue weighted by Crippen LogP contribution is -2.41. The predicted molar refractivity (Wildman–Crippen MR) is 102 cm³/mol. The van der Waals surface area contributed by atoms with Crippen LogP contribution in [0.2, 0.25) is 0 Å². The van der Waals surface area contributed by atoms with Gasteiger partial charge in [-0.3, -0.25) is 4.79 Å². The van der Waals surface area contributed by atoms with Crippen LogP contribution < -0.4 is 15.4 Å². The van der Waals surface area contributed by atoms with Gasteiger partial charge in [0.05, 0.1) is 12.5 Å². The Hall–Kier alpha value is -2.04. The number of nitrogens with one attached hydrogen (secondary N) is 2. The first-order chi connectivity index (χ1) is 11.7. The molecule has 5 heteroatoms. The number of fused-ring (bicyclic) bond motifs is 1. The van der Waals surface area contributed by atoms with Crippen molar-refractivity contribution in [3.05, 3.63) is 65.7 Å². The summed E-state index contributed by atoms with van der Waals surface area (Å²) >= 11 is 0. The van der Waals surface area contributed by atoms with Crippen LogP contribution in [0.3, 0.4) is 0 Å². The predicted octanol–water partition coefficient (Wildman–Crippen LogP) is 3.13. The van der Waals surface area contributed by atoms with E-state index in [1.807, 2.05) is 37.3 Å². The maximum Gasteiger partial charge on any atom is 0.226 e. The Kier molecular flexibility index (Phi) is 7.29. The highest BCUT2D eigenvalue weighted by atomic mass is 35.5. The van der Waals surface area contributed by atoms with Crippen LogP contribution >= 0.6 is 12.4 Å². The average Bonchev–Trinajstić information content (AvgIpc) is 2.65. The SMILES string of the molecule is CC(COc1ccccc1)C(=O)NCC1NCCc2ccccc21.Cl. The van der Waals surface area contributed by atoms with E-state index in [-0.39, 0.29) is 30.3 Å². The van der Waals surface area contributed by atoms with Crippen molar-refractivity contribution in [1.29, 1.82) is 0 Å². The molecular weight excluding hydrogens is 336 g/mol. The molecule has 1 aliphatic heterocycles. The summed E-state index contributed by atoms with van der Waals surface area (Å²) in [5, 5.41) is 6.53. The second kappa shape index (κ2) is 9.44. The van der Waals surface area contributed by atoms with Crippen LogP contribution in [0.1, 0.15) is 24.1 Å². The number of carbonyl (C=O) groups excluding carboxylic acids is 1. The zero-order valence-corrected chi connectivity index (χ0v) is 15.2. The largest absolute Gasteiger partial charge is 0.493 e. The molecule has 4 nitrogen and oxygen atoms in total. The molecule has 0 fully saturated rings. The zero-order valence-electron chi connectivity index (χ0n) is 14.4. The number of halogens is 1. The summed E-state index contributed by atoms with van der Waals surface area (Å²) in [7, 11) is 0. The van der Waals surface area contributed by atoms with Gasteiger partial charge < -0.3 is 15.4 Å². The van der Waals surface area contributed by atoms with Crippen molar-refractivity contribution in [3.63, 3.8) is 0 Å². The molecule has 0 radical (unpaired) electrons. The van der Waals surface area contributed by atoms with Crippen molar-refractivity contribution in [3.8, 4) is 5.75 Å². The molecule has 2 N–H and O–H groups in total. The Morgan fingerprint density at radius 1 is 1.20 bits per heavy atom. The summed E-state index contributed by atoms with van der Waals surface area (Å²) in [4.78, 5) is 12.3. The van der Waals surface area contributed by atoms with Gasteiger partial charge in [0.2, 0.25) is 5.91 Å². The fraction of sp³-hybridized carbons (Fsp3) is 0.350. The fourth-order valence-corrected chi connectivity index (χ4v) is 2.97. The molecule has 0 saturated carbocycles. The Labute approximate surface area is 155 Å². The molecule has 2 aromatic carbocycles. The standard InChI is InChI=1S/C20H24N2O2.ClH/c1-15(14-24-17-8-3-2-4-9-17)20(23)22-13-19-18-10-6-5-7-16(18)11-12-21-19;/h2-10,15,19,21H,11-14H2,1H3,(H,22,23);1H. The normalized spacial score (nSPS) is 16.9. The Morgan fingerprint density at radius 3 is 2.72 bits per heavy atom. The minimum absolute atomic E-state index is 0. The van der Waals surface area contributed by atoms with Crippen molar-refractivity contribution >= 4 is 18.3 Å². The third kappa shape index (κ3) is 5.21. The number of para-hydroxylation sites is 1. The molecule has 0 aliphatic carbocycles. The Bertz CT molecular complexity index is 678. The molecule has 2 atom stereocenters. The summed E-state index contributed by atoms with van der Waals surface area (Å²) in [6.07, 6.45) is 1.04. The molecule has 1 heterocycles. The second-order valence-corrected chi connectivity index (χ2v) is 6.23. The number of ether oxygens (including phenoxy) is 1. The minimum Gasteiger partial charge on any atom is -0.493 e. The number of rotatable bonds is 6. The van der Waals surface area contributed by atoms with Gasteiger partial charge in [0, 0.05) is 12.6 Å². The van der Waals surface area contributed by atoms with Crippen LogP contribution in [0.25, 0.3) is 0 Å². The summed E-state index contributed by atoms with van der Waals surface area (Å²) < 4.78 is 5.66. The van der Waals surface area contributed by atoms with Gasteiger partial charge in [-0.2, -0.15) is 0 Å². The molecule has 2 aromatic rings. The molecule has 0 aromatic heterocycles. The van der Waals surface area contributed by atoms with E-state index in [9.17, 15) is 4.79 Å². The molecular formula is C20H25ClN2O2. The first-order valence-corrected chi connectivity index (χ1v) is 8.51. The van der Waals surface area contributed by atoms with Gasteiger partial charge in [0.15, 0.2) is 0 Å². The smallest absolute Gasteiger partial charge is 0.226 e. The molecule has 1 aliphatic rings. The monoisotopic (exact) mass is 360 g/mol. The summed E-state index contributed by atoms with van der Waals surface area (Å²) in [5.74, 6) is 0.625. The zero-order chi connectivity index (χ0) is 16.8. The highest BCUT2D eigenvalue weighted by Crippen LogP contribution is 2.22. The van der Waals surface area contributed by atoms with E-state index in [1.165, 1.54) is 11.1 Å². The van der Waals surface area contributed by atoms with Gasteiger partial charge in [-0.1, -0.05) is 49.4 Å². The van der Waals surface area contributed by atoms with E-state index >= 15 is 0 Å². The van der Waals surface area contributed by atoms with E-state index < -0.39 is 0 Å². The van der Waals surface area contributed by atoms with E-state index in [0.29, 0.717) is 13.2 Å². The van der Waals surface area contributed by atoms with Crippen LogP contribution in [-0.4, -0.2) is 25.6 Å². The van der Waals surface area contributed by atoms with Crippen LogP contribution in [0.5, 0.6) is 5.75 Å². The van der Waals surface area contributed by atoms with Crippen LogP contribution in [0.4, 0.5) is 0 Å². The van der Waals surface area contributed by atoms with Gasteiger partial charge in [0.1, 0.15) is 5.75 Å². The van der Waals surface area contributed by atoms with Crippen molar-refractivity contribution in [2.75, 3.05) is 19.7 Å². The van der Waals surface area contributed by atoms with Gasteiger partial charge in [-0.25, -0.2) is 0 Å². The molecule has 0 saturated heterocycles. The first-order valence-electron chi connectivity index (χ1n) is 8.51. The number of hydrogen-bond acceptors (Lipinski definition) is 3. The quantitative estimate of drug-likeness (QED) is 0.832. The number of benzene rings is 2. The first kappa shape index (κ1) is 19.3. The highest BCUT2D eigenvalue weighted by molar-refractivity contribution is 5.85. The molecule has 3 rings (SSSR count). The van der Waals surface area contributed by atoms with Crippen LogP contribution in [0, 0.1) is 5.92 Å². The summed E-state index contributed by atoms with van der Waals surface area (Å²) in [5.41, 5.74) is 2.66. The summed E-state index contributed by atoms with van der Waals surface area (Å²) in [6.45, 7) is 3.82. The van der Waals surface area contributed by atoms with Crippen molar-refractivity contribution in [2.24, 2.45) is 5.92 Å². The van der Waals surface area contributed by atoms with Crippen molar-refractivity contribution in [1.82, 2.24) is 10.6 Å². The average molecular weight is 361 g/mol. The maximum atomic E-state index is 12.3. The number of hydrogen-bond donors (Lipinski definition) is 2. The van der Waals surface area contributed by atoms with E-state index in [1.54, 1.807) is 0 Å². The van der Waals surface area contributed by atoms with Gasteiger partial charge in [-0.15, -0.1) is 12.4 Å². The van der Waals surface area contributed by atoms with E-state index in [0.717, 1.165) is 18.7 Å². The summed E-state index contributed by atoms with van der Waals surface area (Å²) in [6, 6.07) is 18.2. The van der Waals surface area contributed by atoms with Gasteiger partial charge in [0.25, 0.3) is 0 Å². The van der Waals surface area contributed by atoms with Gasteiger partial charge >= 0.3 is 0 Å². The molecule has 1 amide bonds. The van der Waals surface area contributed by atoms with Gasteiger partial charge in [-0.05, 0) is 36.2 Å². The molecule has 25 heavy (non-hydrogen) atoms. The lowest BCUT2D eigenvalue weighted by Gasteiger charge is -2.27. The van der Waals surface area contributed by atoms with E-state index in [4.69, 9.17) is 4.74 Å².